The summed E-state index contributed by atoms with van der Waals surface area (Å²) in [4.78, 5) is 0.379. The van der Waals surface area contributed by atoms with Crippen molar-refractivity contribution in [3.05, 3.63) is 28.7 Å². The molecule has 0 saturated carbocycles. The standard InChI is InChI=1S/C10H12BrNO2S/c11-8-4-1-2-5-9(8)15(13,14)10-6-3-7-12-10/h1-2,4-5,10,12H,3,6-7H2. The van der Waals surface area contributed by atoms with Crippen LogP contribution in [0.25, 0.3) is 0 Å². The van der Waals surface area contributed by atoms with Gasteiger partial charge in [-0.15, -0.1) is 0 Å². The van der Waals surface area contributed by atoms with Crippen LogP contribution in [-0.2, 0) is 9.84 Å². The Morgan fingerprint density at radius 2 is 2.07 bits per heavy atom. The van der Waals surface area contributed by atoms with Crippen LogP contribution in [0.3, 0.4) is 0 Å². The summed E-state index contributed by atoms with van der Waals surface area (Å²) in [5.41, 5.74) is 0. The first kappa shape index (κ1) is 11.1. The van der Waals surface area contributed by atoms with Gasteiger partial charge in [0.2, 0.25) is 0 Å². The molecule has 1 aromatic carbocycles. The van der Waals surface area contributed by atoms with Crippen LogP contribution in [0.1, 0.15) is 12.8 Å². The molecule has 1 fully saturated rings. The normalized spacial score (nSPS) is 21.8. The SMILES string of the molecule is O=S(=O)(c1ccccc1Br)C1CCCN1. The monoisotopic (exact) mass is 289 g/mol. The smallest absolute Gasteiger partial charge is 0.195 e. The molecule has 0 spiro atoms. The van der Waals surface area contributed by atoms with Crippen molar-refractivity contribution in [1.82, 2.24) is 5.32 Å². The van der Waals surface area contributed by atoms with Gasteiger partial charge < -0.3 is 5.32 Å². The number of hydrogen-bond donors (Lipinski definition) is 1. The highest BCUT2D eigenvalue weighted by atomic mass is 79.9. The van der Waals surface area contributed by atoms with Crippen molar-refractivity contribution < 1.29 is 8.42 Å². The molecule has 15 heavy (non-hydrogen) atoms. The summed E-state index contributed by atoms with van der Waals surface area (Å²) >= 11 is 3.27. The van der Waals surface area contributed by atoms with Crippen molar-refractivity contribution in [2.45, 2.75) is 23.1 Å². The molecule has 3 nitrogen and oxygen atoms in total. The molecule has 1 aliphatic rings. The Kier molecular flexibility index (Phi) is 3.13. The lowest BCUT2D eigenvalue weighted by atomic mass is 10.4. The Bertz CT molecular complexity index is 452. The van der Waals surface area contributed by atoms with Gasteiger partial charge in [-0.2, -0.15) is 0 Å². The Balaban J connectivity index is 2.41. The third kappa shape index (κ3) is 2.09. The zero-order valence-electron chi connectivity index (χ0n) is 8.11. The molecular formula is C10H12BrNO2S. The largest absolute Gasteiger partial charge is 0.301 e. The van der Waals surface area contributed by atoms with Crippen LogP contribution in [0.2, 0.25) is 0 Å². The minimum absolute atomic E-state index is 0.379. The molecule has 1 aliphatic heterocycles. The van der Waals surface area contributed by atoms with E-state index in [4.69, 9.17) is 0 Å². The molecule has 0 bridgehead atoms. The highest BCUT2D eigenvalue weighted by molar-refractivity contribution is 9.10. The molecule has 1 unspecified atom stereocenters. The summed E-state index contributed by atoms with van der Waals surface area (Å²) in [7, 11) is -3.23. The van der Waals surface area contributed by atoms with Crippen molar-refractivity contribution in [3.8, 4) is 0 Å². The third-order valence-corrected chi connectivity index (χ3v) is 5.61. The predicted molar refractivity (Wildman–Crippen MR) is 62.4 cm³/mol. The van der Waals surface area contributed by atoms with Gasteiger partial charge >= 0.3 is 0 Å². The summed E-state index contributed by atoms with van der Waals surface area (Å²) in [6.45, 7) is 0.786. The van der Waals surface area contributed by atoms with Crippen molar-refractivity contribution in [2.24, 2.45) is 0 Å². The fourth-order valence-corrected chi connectivity index (χ4v) is 4.44. The summed E-state index contributed by atoms with van der Waals surface area (Å²) < 4.78 is 25.0. The zero-order valence-corrected chi connectivity index (χ0v) is 10.5. The highest BCUT2D eigenvalue weighted by Gasteiger charge is 2.30. The van der Waals surface area contributed by atoms with Gasteiger partial charge in [0.05, 0.1) is 4.90 Å². The van der Waals surface area contributed by atoms with Gasteiger partial charge in [0.25, 0.3) is 0 Å². The molecular weight excluding hydrogens is 278 g/mol. The molecule has 0 amide bonds. The molecule has 1 saturated heterocycles. The lowest BCUT2D eigenvalue weighted by Gasteiger charge is -2.12. The van der Waals surface area contributed by atoms with Crippen LogP contribution < -0.4 is 5.32 Å². The number of sulfone groups is 1. The first-order valence-corrected chi connectivity index (χ1v) is 7.18. The quantitative estimate of drug-likeness (QED) is 0.905. The van der Waals surface area contributed by atoms with E-state index in [2.05, 4.69) is 21.2 Å². The van der Waals surface area contributed by atoms with Crippen LogP contribution >= 0.6 is 15.9 Å². The van der Waals surface area contributed by atoms with Gasteiger partial charge in [0, 0.05) is 4.47 Å². The number of rotatable bonds is 2. The summed E-state index contributed by atoms with van der Waals surface area (Å²) in [6, 6.07) is 6.94. The molecule has 1 atom stereocenters. The molecule has 1 heterocycles. The van der Waals surface area contributed by atoms with E-state index in [0.29, 0.717) is 15.8 Å². The van der Waals surface area contributed by atoms with Crippen LogP contribution in [-0.4, -0.2) is 20.3 Å². The second-order valence-electron chi connectivity index (χ2n) is 3.56. The van der Waals surface area contributed by atoms with E-state index in [9.17, 15) is 8.42 Å². The molecule has 1 N–H and O–H groups in total. The van der Waals surface area contributed by atoms with Crippen LogP contribution in [0, 0.1) is 0 Å². The number of nitrogens with one attached hydrogen (secondary N) is 1. The Labute approximate surface area is 97.9 Å². The summed E-state index contributed by atoms with van der Waals surface area (Å²) in [5, 5.41) is 2.59. The number of hydrogen-bond acceptors (Lipinski definition) is 3. The second kappa shape index (κ2) is 4.23. The lowest BCUT2D eigenvalue weighted by Crippen LogP contribution is -2.31. The first-order chi connectivity index (χ1) is 7.12. The fourth-order valence-electron chi connectivity index (χ4n) is 1.75. The molecule has 2 rings (SSSR count). The van der Waals surface area contributed by atoms with Gasteiger partial charge in [0.15, 0.2) is 9.84 Å². The topological polar surface area (TPSA) is 46.2 Å². The first-order valence-electron chi connectivity index (χ1n) is 4.84. The van der Waals surface area contributed by atoms with Crippen molar-refractivity contribution in [1.29, 1.82) is 0 Å². The highest BCUT2D eigenvalue weighted by Crippen LogP contribution is 2.27. The van der Waals surface area contributed by atoms with Gasteiger partial charge in [-0.05, 0) is 47.4 Å². The van der Waals surface area contributed by atoms with E-state index in [1.54, 1.807) is 18.2 Å². The van der Waals surface area contributed by atoms with Gasteiger partial charge in [-0.3, -0.25) is 0 Å². The minimum atomic E-state index is -3.23. The minimum Gasteiger partial charge on any atom is -0.301 e. The maximum atomic E-state index is 12.2. The number of halogens is 1. The van der Waals surface area contributed by atoms with Gasteiger partial charge in [-0.25, -0.2) is 8.42 Å². The molecule has 0 aliphatic carbocycles. The Hall–Kier alpha value is -0.390. The van der Waals surface area contributed by atoms with E-state index in [1.807, 2.05) is 6.07 Å². The van der Waals surface area contributed by atoms with E-state index in [0.717, 1.165) is 13.0 Å². The zero-order chi connectivity index (χ0) is 10.9. The molecule has 1 aromatic rings. The van der Waals surface area contributed by atoms with Crippen LogP contribution in [0.4, 0.5) is 0 Å². The van der Waals surface area contributed by atoms with Gasteiger partial charge in [-0.1, -0.05) is 12.1 Å². The fraction of sp³-hybridized carbons (Fsp3) is 0.400. The maximum absolute atomic E-state index is 12.2. The summed E-state index contributed by atoms with van der Waals surface area (Å²) in [5.74, 6) is 0. The molecule has 0 aromatic heterocycles. The van der Waals surface area contributed by atoms with Crippen molar-refractivity contribution in [2.75, 3.05) is 6.54 Å². The lowest BCUT2D eigenvalue weighted by molar-refractivity contribution is 0.571. The molecule has 5 heteroatoms. The van der Waals surface area contributed by atoms with Crippen LogP contribution in [0.15, 0.2) is 33.6 Å². The average molecular weight is 290 g/mol. The molecule has 0 radical (unpaired) electrons. The van der Waals surface area contributed by atoms with E-state index >= 15 is 0 Å². The van der Waals surface area contributed by atoms with Crippen molar-refractivity contribution >= 4 is 25.8 Å². The van der Waals surface area contributed by atoms with E-state index < -0.39 is 15.2 Å². The average Bonchev–Trinajstić information content (AvgIpc) is 2.71. The van der Waals surface area contributed by atoms with E-state index in [1.165, 1.54) is 0 Å². The Morgan fingerprint density at radius 3 is 2.67 bits per heavy atom. The van der Waals surface area contributed by atoms with E-state index in [-0.39, 0.29) is 0 Å². The summed E-state index contributed by atoms with van der Waals surface area (Å²) in [6.07, 6.45) is 1.62. The number of benzene rings is 1. The third-order valence-electron chi connectivity index (χ3n) is 2.53. The Morgan fingerprint density at radius 1 is 1.33 bits per heavy atom. The molecule has 82 valence electrons. The maximum Gasteiger partial charge on any atom is 0.195 e. The van der Waals surface area contributed by atoms with Crippen LogP contribution in [0.5, 0.6) is 0 Å². The predicted octanol–water partition coefficient (Wildman–Crippen LogP) is 1.93. The van der Waals surface area contributed by atoms with Crippen molar-refractivity contribution in [3.63, 3.8) is 0 Å². The second-order valence-corrected chi connectivity index (χ2v) is 6.51. The van der Waals surface area contributed by atoms with Gasteiger partial charge in [0.1, 0.15) is 5.37 Å².